The van der Waals surface area contributed by atoms with E-state index in [1.807, 2.05) is 47.6 Å². The fraction of sp³-hybridized carbons (Fsp3) is 0.512. The van der Waals surface area contributed by atoms with Crippen LogP contribution >= 0.6 is 0 Å². The summed E-state index contributed by atoms with van der Waals surface area (Å²) in [7, 11) is -14.4. The molecule has 2 aromatic rings. The molecule has 41 heteroatoms. The van der Waals surface area contributed by atoms with Gasteiger partial charge in [-0.15, -0.1) is 0 Å². The number of amides is 8. The minimum atomic E-state index is -5.08. The smallest absolute Gasteiger partial charge is 0.475 e. The first-order chi connectivity index (χ1) is 56.6. The van der Waals surface area contributed by atoms with E-state index < -0.39 is 87.1 Å². The predicted octanol–water partition coefficient (Wildman–Crippen LogP) is 9.18. The maximum absolute atomic E-state index is 12.9. The van der Waals surface area contributed by atoms with Crippen molar-refractivity contribution in [3.05, 3.63) is 161 Å². The lowest BCUT2D eigenvalue weighted by molar-refractivity contribution is -0.192. The fourth-order valence-corrected chi connectivity index (χ4v) is 16.3. The first-order valence-electron chi connectivity index (χ1n) is 38.8. The standard InChI is InChI=1S/C20H23FN2O4S.C17H26N2O5S.C12H18N2O3S.C11H19NO3.C7H4FNO.C6H9NO3S.C5H7NO.C2HF3O2/c21-18-6-4-17(5-7-18)15-20(25)22-12-8-16(9-13-22)10-14-28(26,27)23-11-2-1-3-19(23)24;1-17(2,3)24-16(21)18-11-7-14(8-12-18)9-13-25(22,23)19-10-5-4-6-15(19)20;15-12-3-1-2-9-14(12)18(16,17)10-6-11-4-7-13-8-5-11;1-11(2,3)15-10(14)12-6-4-9(8-13)5-7-12;8-6-1-3-7(4-2-6)9-5-10;1-11(9,10)7-5-3-2-4-6(7)8;7-5-3-1-2-4-6-5;3-2(4,5)1(6)7/h1,3-7,10,14,16H,2,8-9,11-13,15H2;4,6,9,13-14H,5,7-8,10-12H2,1-3H3;1,3,6,10-11,13H,2,4-5,7-9H2;8-9H,4-7H2,1-3H3;1-4H;2,4H,3,5H2,1H3;1,3H,2,4H2,(H,6,7);(H,6,7)/b14-10+;13-9+;10-6+;;;;;. The van der Waals surface area contributed by atoms with Crippen molar-refractivity contribution >= 4 is 112 Å². The number of ether oxygens (including phenoxy) is 2. The van der Waals surface area contributed by atoms with E-state index in [1.165, 1.54) is 72.2 Å². The van der Waals surface area contributed by atoms with Crippen molar-refractivity contribution in [2.75, 3.05) is 91.3 Å². The second-order valence-electron chi connectivity index (χ2n) is 30.1. The molecule has 3 N–H and O–H groups in total. The Hall–Kier alpha value is -10.4. The van der Waals surface area contributed by atoms with Crippen molar-refractivity contribution in [1.82, 2.24) is 42.6 Å². The van der Waals surface area contributed by atoms with Gasteiger partial charge in [0.1, 0.15) is 29.1 Å². The minimum Gasteiger partial charge on any atom is -0.475 e. The first-order valence-corrected chi connectivity index (χ1v) is 45.1. The molecule has 0 unspecified atom stereocenters. The SMILES string of the molecule is CC(C)(C)OC(=O)N1CCC(/C=C/S(=O)(=O)N2CCC=CC2=O)CC1.CC(C)(C)OC(=O)N1CCC(C=O)CC1.CS(=O)(=O)N1CCC=CC1=O.O=C(Cc1ccc(F)cc1)N1CCC(/C=C/S(=O)(=O)N2CCC=CC2=O)CC1.O=C(O)C(F)(F)F.O=C1C=CCCN1.O=C1C=CCCN1S(=O)(=O)/C=C/C1CCNCC1.O=C=Nc1ccc(F)cc1. The number of piperidine rings is 4. The number of aliphatic carboxylic acids is 1. The number of aldehydes is 1. The van der Waals surface area contributed by atoms with Gasteiger partial charge in [-0.05, 0) is 204 Å². The molecule has 11 rings (SSSR count). The summed E-state index contributed by atoms with van der Waals surface area (Å²) in [5.74, 6) is -4.83. The number of rotatable bonds is 14. The number of isocyanates is 1. The maximum atomic E-state index is 12.9. The number of nitrogens with one attached hydrogen (secondary N) is 2. The molecule has 668 valence electrons. The highest BCUT2D eigenvalue weighted by Crippen LogP contribution is 2.26. The quantitative estimate of drug-likeness (QED) is 0.0686. The van der Waals surface area contributed by atoms with Crippen LogP contribution < -0.4 is 10.6 Å². The molecule has 121 heavy (non-hydrogen) atoms. The number of carboxylic acids is 1. The Morgan fingerprint density at radius 3 is 1.11 bits per heavy atom. The molecule has 8 amide bonds. The summed E-state index contributed by atoms with van der Waals surface area (Å²) in [6, 6.07) is 11.1. The lowest BCUT2D eigenvalue weighted by Gasteiger charge is -2.32. The largest absolute Gasteiger partial charge is 0.490 e. The number of carbonyl (C=O) groups excluding carboxylic acids is 10. The van der Waals surface area contributed by atoms with Crippen molar-refractivity contribution in [1.29, 1.82) is 0 Å². The van der Waals surface area contributed by atoms with Crippen LogP contribution in [-0.2, 0) is 99.1 Å². The van der Waals surface area contributed by atoms with E-state index in [9.17, 15) is 104 Å². The van der Waals surface area contributed by atoms with Gasteiger partial charge in [-0.3, -0.25) is 28.8 Å². The van der Waals surface area contributed by atoms with Crippen LogP contribution in [0.5, 0.6) is 0 Å². The average Bonchev–Trinajstić information content (AvgIpc) is 0.820. The summed E-state index contributed by atoms with van der Waals surface area (Å²) in [6.07, 6.45) is 27.5. The molecule has 4 saturated heterocycles. The molecule has 9 aliphatic heterocycles. The first kappa shape index (κ1) is 103. The molecule has 4 fully saturated rings. The highest BCUT2D eigenvalue weighted by atomic mass is 32.2. The number of halogens is 5. The van der Waals surface area contributed by atoms with Gasteiger partial charge in [0.15, 0.2) is 0 Å². The van der Waals surface area contributed by atoms with E-state index in [-0.39, 0.29) is 91.9 Å². The zero-order chi connectivity index (χ0) is 90.4. The summed E-state index contributed by atoms with van der Waals surface area (Å²) in [6.45, 7) is 17.9. The third kappa shape index (κ3) is 39.8. The number of sulfonamides is 4. The number of aliphatic imine (C=N–C) groups is 1. The predicted molar refractivity (Wildman–Crippen MR) is 438 cm³/mol. The van der Waals surface area contributed by atoms with E-state index in [4.69, 9.17) is 19.4 Å². The average molecular weight is 1780 g/mol. The number of allylic oxidation sites excluding steroid dienone is 3. The highest BCUT2D eigenvalue weighted by molar-refractivity contribution is 7.93. The van der Waals surface area contributed by atoms with Crippen LogP contribution in [-0.4, -0.2) is 245 Å². The zero-order valence-corrected chi connectivity index (χ0v) is 71.7. The van der Waals surface area contributed by atoms with E-state index in [0.29, 0.717) is 96.3 Å². The van der Waals surface area contributed by atoms with Crippen LogP contribution in [0.2, 0.25) is 0 Å². The monoisotopic (exact) mass is 1780 g/mol. The molecular formula is C80H107F5N10O22S4. The molecular weight excluding hydrogens is 1680 g/mol. The molecule has 0 aromatic heterocycles. The van der Waals surface area contributed by atoms with E-state index >= 15 is 0 Å². The van der Waals surface area contributed by atoms with Crippen LogP contribution in [0.25, 0.3) is 0 Å². The number of carboxylic acid groups (broad SMARTS) is 1. The van der Waals surface area contributed by atoms with Gasteiger partial charge < -0.3 is 44.7 Å². The number of alkyl halides is 3. The third-order valence-electron chi connectivity index (χ3n) is 18.2. The van der Waals surface area contributed by atoms with Gasteiger partial charge in [0.05, 0.1) is 18.4 Å². The second-order valence-corrected chi connectivity index (χ2v) is 37.2. The Kier molecular flexibility index (Phi) is 42.2. The Morgan fingerprint density at radius 2 is 0.818 bits per heavy atom. The topological polar surface area (TPSA) is 422 Å². The van der Waals surface area contributed by atoms with Gasteiger partial charge >= 0.3 is 24.3 Å². The summed E-state index contributed by atoms with van der Waals surface area (Å²) >= 11 is 0. The third-order valence-corrected chi connectivity index (χ3v) is 23.8. The van der Waals surface area contributed by atoms with Gasteiger partial charge in [-0.1, -0.05) is 60.7 Å². The van der Waals surface area contributed by atoms with Gasteiger partial charge in [0.2, 0.25) is 27.9 Å². The lowest BCUT2D eigenvalue weighted by atomic mass is 9.96. The second kappa shape index (κ2) is 49.5. The number of benzene rings is 2. The number of hydrogen-bond donors (Lipinski definition) is 3. The lowest BCUT2D eigenvalue weighted by Crippen LogP contribution is -2.41. The number of nitrogens with zero attached hydrogens (tertiary/aromatic N) is 8. The molecule has 2 aromatic carbocycles. The Bertz CT molecular complexity index is 4630. The van der Waals surface area contributed by atoms with Crippen molar-refractivity contribution in [2.24, 2.45) is 28.7 Å². The van der Waals surface area contributed by atoms with Gasteiger partial charge in [0.25, 0.3) is 53.7 Å². The minimum absolute atomic E-state index is 0.0210. The maximum Gasteiger partial charge on any atom is 0.490 e. The number of hydrogen-bond acceptors (Lipinski definition) is 23. The Labute approximate surface area is 703 Å². The molecule has 0 spiro atoms. The molecule has 9 aliphatic rings. The van der Waals surface area contributed by atoms with Crippen molar-refractivity contribution in [2.45, 2.75) is 149 Å². The molecule has 0 radical (unpaired) electrons. The molecule has 0 saturated carbocycles. The molecule has 32 nitrogen and oxygen atoms in total. The summed E-state index contributed by atoms with van der Waals surface area (Å²) in [4.78, 5) is 130. The van der Waals surface area contributed by atoms with Crippen molar-refractivity contribution in [3.8, 4) is 0 Å². The summed E-state index contributed by atoms with van der Waals surface area (Å²) in [5, 5.41) is 16.4. The van der Waals surface area contributed by atoms with Crippen molar-refractivity contribution in [3.63, 3.8) is 0 Å². The van der Waals surface area contributed by atoms with Gasteiger partial charge in [-0.2, -0.15) is 18.2 Å². The molecule has 0 bridgehead atoms. The summed E-state index contributed by atoms with van der Waals surface area (Å²) in [5.41, 5.74) is 0.201. The number of likely N-dealkylation sites (tertiary alicyclic amines) is 3. The van der Waals surface area contributed by atoms with Gasteiger partial charge in [0, 0.05) is 118 Å². The van der Waals surface area contributed by atoms with Crippen molar-refractivity contribution < 1.29 is 123 Å². The molecule has 9 heterocycles. The van der Waals surface area contributed by atoms with E-state index in [2.05, 4.69) is 15.6 Å². The van der Waals surface area contributed by atoms with Crippen LogP contribution in [0, 0.1) is 35.3 Å². The van der Waals surface area contributed by atoms with Crippen LogP contribution in [0.3, 0.4) is 0 Å². The van der Waals surface area contributed by atoms with E-state index in [1.54, 1.807) is 75.4 Å². The molecule has 0 aliphatic carbocycles. The zero-order valence-electron chi connectivity index (χ0n) is 68.5. The van der Waals surface area contributed by atoms with Crippen LogP contribution in [0.15, 0.2) is 149 Å². The van der Waals surface area contributed by atoms with Gasteiger partial charge in [-0.25, -0.2) is 78.9 Å². The number of carbonyl (C=O) groups is 10. The molecule has 0 atom stereocenters. The van der Waals surface area contributed by atoms with Crippen LogP contribution in [0.1, 0.15) is 131 Å². The fourth-order valence-electron chi connectivity index (χ4n) is 11.7. The van der Waals surface area contributed by atoms with Crippen LogP contribution in [0.4, 0.5) is 37.2 Å². The Balaban J connectivity index is 0.000000303. The highest BCUT2D eigenvalue weighted by Gasteiger charge is 2.39. The van der Waals surface area contributed by atoms with E-state index in [0.717, 1.165) is 97.9 Å². The normalized spacial score (nSPS) is 18.5. The summed E-state index contributed by atoms with van der Waals surface area (Å²) < 4.78 is 166. The Morgan fingerprint density at radius 1 is 0.488 bits per heavy atom.